The molecule has 1 fully saturated rings. The summed E-state index contributed by atoms with van der Waals surface area (Å²) >= 11 is 0. The predicted octanol–water partition coefficient (Wildman–Crippen LogP) is 3.80. The summed E-state index contributed by atoms with van der Waals surface area (Å²) in [4.78, 5) is 14.6. The molecule has 1 aliphatic rings. The Morgan fingerprint density at radius 3 is 2.62 bits per heavy atom. The Morgan fingerprint density at radius 2 is 2.00 bits per heavy atom. The van der Waals surface area contributed by atoms with Crippen LogP contribution in [0.25, 0.3) is 0 Å². The molecule has 1 saturated heterocycles. The first-order valence-electron chi connectivity index (χ1n) is 8.00. The minimum Gasteiger partial charge on any atom is -0.458 e. The van der Waals surface area contributed by atoms with Crippen molar-refractivity contribution in [1.82, 2.24) is 4.90 Å². The van der Waals surface area contributed by atoms with Gasteiger partial charge < -0.3 is 4.74 Å². The molecule has 1 heterocycles. The molecule has 0 amide bonds. The predicted molar refractivity (Wildman–Crippen MR) is 85.5 cm³/mol. The molecule has 1 aliphatic heterocycles. The summed E-state index contributed by atoms with van der Waals surface area (Å²) in [6.07, 6.45) is 3.70. The van der Waals surface area contributed by atoms with Crippen molar-refractivity contribution in [2.24, 2.45) is 0 Å². The van der Waals surface area contributed by atoms with Crippen LogP contribution in [0, 0.1) is 6.92 Å². The van der Waals surface area contributed by atoms with E-state index in [0.29, 0.717) is 17.6 Å². The second kappa shape index (κ2) is 7.08. The number of aryl methyl sites for hydroxylation is 1. The molecule has 0 spiro atoms. The maximum atomic E-state index is 12.2. The van der Waals surface area contributed by atoms with E-state index in [2.05, 4.69) is 18.7 Å². The summed E-state index contributed by atoms with van der Waals surface area (Å²) in [7, 11) is 0. The molecule has 2 rings (SSSR count). The molecular weight excluding hydrogens is 262 g/mol. The SMILES string of the molecule is Cc1cccc(C(=O)O[C@H](C)CN2[C@@H](C)CCC[C@@H]2C)c1. The number of carbonyl (C=O) groups is 1. The van der Waals surface area contributed by atoms with Gasteiger partial charge in [0.2, 0.25) is 0 Å². The Labute approximate surface area is 128 Å². The lowest BCUT2D eigenvalue weighted by Gasteiger charge is -2.40. The van der Waals surface area contributed by atoms with Crippen LogP contribution in [0.2, 0.25) is 0 Å². The molecule has 3 atom stereocenters. The third kappa shape index (κ3) is 4.31. The summed E-state index contributed by atoms with van der Waals surface area (Å²) in [6.45, 7) is 9.33. The van der Waals surface area contributed by atoms with Gasteiger partial charge in [-0.25, -0.2) is 4.79 Å². The summed E-state index contributed by atoms with van der Waals surface area (Å²) < 4.78 is 5.61. The highest BCUT2D eigenvalue weighted by molar-refractivity contribution is 5.89. The molecule has 3 nitrogen and oxygen atoms in total. The number of hydrogen-bond donors (Lipinski definition) is 0. The number of esters is 1. The number of benzene rings is 1. The van der Waals surface area contributed by atoms with Gasteiger partial charge in [0.05, 0.1) is 5.56 Å². The van der Waals surface area contributed by atoms with Gasteiger partial charge in [0, 0.05) is 18.6 Å². The summed E-state index contributed by atoms with van der Waals surface area (Å²) in [5.74, 6) is -0.219. The molecule has 21 heavy (non-hydrogen) atoms. The van der Waals surface area contributed by atoms with Gasteiger partial charge in [0.15, 0.2) is 0 Å². The van der Waals surface area contributed by atoms with E-state index in [9.17, 15) is 4.79 Å². The van der Waals surface area contributed by atoms with Crippen LogP contribution in [-0.4, -0.2) is 35.6 Å². The lowest BCUT2D eigenvalue weighted by Crippen LogP contribution is -2.47. The first-order valence-corrected chi connectivity index (χ1v) is 8.00. The van der Waals surface area contributed by atoms with Crippen molar-refractivity contribution in [3.05, 3.63) is 35.4 Å². The lowest BCUT2D eigenvalue weighted by atomic mass is 9.97. The van der Waals surface area contributed by atoms with Gasteiger partial charge in [0.25, 0.3) is 0 Å². The summed E-state index contributed by atoms with van der Waals surface area (Å²) in [5.41, 5.74) is 1.72. The molecule has 0 aliphatic carbocycles. The maximum Gasteiger partial charge on any atom is 0.338 e. The number of hydrogen-bond acceptors (Lipinski definition) is 3. The number of rotatable bonds is 4. The van der Waals surface area contributed by atoms with E-state index in [0.717, 1.165) is 12.1 Å². The van der Waals surface area contributed by atoms with E-state index in [4.69, 9.17) is 4.74 Å². The molecule has 0 aromatic heterocycles. The first kappa shape index (κ1) is 16.0. The van der Waals surface area contributed by atoms with Gasteiger partial charge >= 0.3 is 5.97 Å². The largest absolute Gasteiger partial charge is 0.458 e. The standard InChI is InChI=1S/C18H27NO2/c1-13-7-5-10-17(11-13)18(20)21-16(4)12-19-14(2)8-6-9-15(19)3/h5,7,10-11,14-16H,6,8-9,12H2,1-4H3/t14-,15-,16+/m0/s1. The zero-order chi connectivity index (χ0) is 15.4. The Hall–Kier alpha value is -1.35. The highest BCUT2D eigenvalue weighted by Crippen LogP contribution is 2.23. The molecular formula is C18H27NO2. The van der Waals surface area contributed by atoms with Crippen molar-refractivity contribution in [3.63, 3.8) is 0 Å². The van der Waals surface area contributed by atoms with Gasteiger partial charge in [-0.1, -0.05) is 24.1 Å². The molecule has 0 bridgehead atoms. The molecule has 1 aromatic rings. The summed E-state index contributed by atoms with van der Waals surface area (Å²) in [5, 5.41) is 0. The number of likely N-dealkylation sites (tertiary alicyclic amines) is 1. The highest BCUT2D eigenvalue weighted by atomic mass is 16.5. The van der Waals surface area contributed by atoms with Gasteiger partial charge in [-0.3, -0.25) is 4.90 Å². The maximum absolute atomic E-state index is 12.2. The van der Waals surface area contributed by atoms with Crippen LogP contribution in [0.5, 0.6) is 0 Å². The van der Waals surface area contributed by atoms with Crippen LogP contribution in [0.4, 0.5) is 0 Å². The van der Waals surface area contributed by atoms with Crippen molar-refractivity contribution in [1.29, 1.82) is 0 Å². The van der Waals surface area contributed by atoms with Crippen LogP contribution < -0.4 is 0 Å². The van der Waals surface area contributed by atoms with E-state index in [1.165, 1.54) is 19.3 Å². The van der Waals surface area contributed by atoms with E-state index < -0.39 is 0 Å². The van der Waals surface area contributed by atoms with Gasteiger partial charge in [0.1, 0.15) is 6.10 Å². The minimum atomic E-state index is -0.219. The average molecular weight is 289 g/mol. The lowest BCUT2D eigenvalue weighted by molar-refractivity contribution is 0.00811. The van der Waals surface area contributed by atoms with Crippen molar-refractivity contribution < 1.29 is 9.53 Å². The van der Waals surface area contributed by atoms with E-state index in [1.807, 2.05) is 38.1 Å². The van der Waals surface area contributed by atoms with Gasteiger partial charge in [-0.2, -0.15) is 0 Å². The Kier molecular flexibility index (Phi) is 5.40. The fourth-order valence-electron chi connectivity index (χ4n) is 3.19. The second-order valence-corrected chi connectivity index (χ2v) is 6.41. The number of carbonyl (C=O) groups excluding carboxylic acids is 1. The van der Waals surface area contributed by atoms with Crippen molar-refractivity contribution in [2.45, 2.75) is 65.1 Å². The Bertz CT molecular complexity index is 476. The molecule has 0 N–H and O–H groups in total. The Morgan fingerprint density at radius 1 is 1.33 bits per heavy atom. The monoisotopic (exact) mass is 289 g/mol. The zero-order valence-corrected chi connectivity index (χ0v) is 13.6. The summed E-state index contributed by atoms with van der Waals surface area (Å²) in [6, 6.07) is 8.72. The molecule has 116 valence electrons. The van der Waals surface area contributed by atoms with E-state index in [-0.39, 0.29) is 12.1 Å². The average Bonchev–Trinajstić information content (AvgIpc) is 2.43. The first-order chi connectivity index (χ1) is 9.97. The fraction of sp³-hybridized carbons (Fsp3) is 0.611. The fourth-order valence-corrected chi connectivity index (χ4v) is 3.19. The van der Waals surface area contributed by atoms with E-state index in [1.54, 1.807) is 0 Å². The van der Waals surface area contributed by atoms with Crippen LogP contribution in [0.15, 0.2) is 24.3 Å². The number of nitrogens with zero attached hydrogens (tertiary/aromatic N) is 1. The quantitative estimate of drug-likeness (QED) is 0.790. The van der Waals surface area contributed by atoms with Crippen LogP contribution in [0.3, 0.4) is 0 Å². The third-order valence-corrected chi connectivity index (χ3v) is 4.41. The molecule has 3 heteroatoms. The minimum absolute atomic E-state index is 0.0824. The Balaban J connectivity index is 1.92. The number of ether oxygens (including phenoxy) is 1. The molecule has 1 aromatic carbocycles. The van der Waals surface area contributed by atoms with Gasteiger partial charge in [-0.05, 0) is 52.7 Å². The zero-order valence-electron chi connectivity index (χ0n) is 13.6. The van der Waals surface area contributed by atoms with Crippen LogP contribution >= 0.6 is 0 Å². The topological polar surface area (TPSA) is 29.5 Å². The number of piperidine rings is 1. The van der Waals surface area contributed by atoms with Gasteiger partial charge in [-0.15, -0.1) is 0 Å². The van der Waals surface area contributed by atoms with Crippen molar-refractivity contribution in [3.8, 4) is 0 Å². The molecule has 0 saturated carbocycles. The smallest absolute Gasteiger partial charge is 0.338 e. The van der Waals surface area contributed by atoms with Crippen LogP contribution in [-0.2, 0) is 4.74 Å². The highest BCUT2D eigenvalue weighted by Gasteiger charge is 2.26. The van der Waals surface area contributed by atoms with Crippen molar-refractivity contribution >= 4 is 5.97 Å². The second-order valence-electron chi connectivity index (χ2n) is 6.41. The normalized spacial score (nSPS) is 24.6. The molecule has 0 unspecified atom stereocenters. The van der Waals surface area contributed by atoms with Crippen molar-refractivity contribution in [2.75, 3.05) is 6.54 Å². The third-order valence-electron chi connectivity index (χ3n) is 4.41. The van der Waals surface area contributed by atoms with Crippen LogP contribution in [0.1, 0.15) is 56.0 Å². The molecule has 0 radical (unpaired) electrons. The van der Waals surface area contributed by atoms with E-state index >= 15 is 0 Å².